The van der Waals surface area contributed by atoms with Crippen molar-refractivity contribution >= 4 is 57.6 Å². The van der Waals surface area contributed by atoms with E-state index < -0.39 is 0 Å². The Morgan fingerprint density at radius 2 is 1.54 bits per heavy atom. The van der Waals surface area contributed by atoms with Gasteiger partial charge in [-0.2, -0.15) is 20.1 Å². The van der Waals surface area contributed by atoms with Crippen LogP contribution < -0.4 is 37.2 Å². The molecule has 1 aromatic heterocycles. The molecule has 0 fully saturated rings. The molecule has 0 unspecified atom stereocenters. The number of hydrogen-bond acceptors (Lipinski definition) is 9. The highest BCUT2D eigenvalue weighted by molar-refractivity contribution is 6.28. The molecule has 0 amide bonds. The molecule has 10 nitrogen and oxygen atoms in total. The van der Waals surface area contributed by atoms with Crippen LogP contribution in [0.3, 0.4) is 0 Å². The number of nitrogens with one attached hydrogen (secondary N) is 2. The van der Waals surface area contributed by atoms with Gasteiger partial charge in [-0.1, -0.05) is 6.07 Å². The highest BCUT2D eigenvalue weighted by atomic mass is 35.5. The van der Waals surface area contributed by atoms with Gasteiger partial charge in [0.2, 0.25) is 17.2 Å². The van der Waals surface area contributed by atoms with E-state index in [2.05, 4.69) is 87.8 Å². The van der Waals surface area contributed by atoms with Gasteiger partial charge < -0.3 is 32.7 Å². The predicted octanol–water partition coefficient (Wildman–Crippen LogP) is 4.48. The van der Waals surface area contributed by atoms with E-state index in [1.54, 1.807) is 7.11 Å². The summed E-state index contributed by atoms with van der Waals surface area (Å²) in [6.07, 6.45) is 0. The lowest BCUT2D eigenvalue weighted by Crippen LogP contribution is -3.00. The molecule has 0 bridgehead atoms. The van der Waals surface area contributed by atoms with Gasteiger partial charge in [0.15, 0.2) is 0 Å². The van der Waals surface area contributed by atoms with E-state index in [9.17, 15) is 0 Å². The molecule has 3 aromatic carbocycles. The summed E-state index contributed by atoms with van der Waals surface area (Å²) in [6.45, 7) is 5.96. The first-order valence-electron chi connectivity index (χ1n) is 13.0. The summed E-state index contributed by atoms with van der Waals surface area (Å²) in [4.78, 5) is 15.4. The number of aromatic nitrogens is 3. The first kappa shape index (κ1) is 31.5. The normalized spacial score (nSPS) is 11.2. The van der Waals surface area contributed by atoms with Gasteiger partial charge in [-0.05, 0) is 80.0 Å². The summed E-state index contributed by atoms with van der Waals surface area (Å²) in [5.74, 6) is 1.36. The Kier molecular flexibility index (Phi) is 10.8. The number of azo groups is 1. The molecule has 0 aliphatic heterocycles. The number of quaternary nitrogens is 1. The van der Waals surface area contributed by atoms with E-state index in [4.69, 9.17) is 16.3 Å². The van der Waals surface area contributed by atoms with E-state index in [1.807, 2.05) is 54.6 Å². The summed E-state index contributed by atoms with van der Waals surface area (Å²) in [5.41, 5.74) is 5.01. The number of anilines is 5. The molecule has 2 N–H and O–H groups in total. The lowest BCUT2D eigenvalue weighted by atomic mass is 10.2. The standard InChI is InChI=1S/C29H35ClN9O.ClH/c1-7-38(8-2)22-14-17-25(37-36-20-12-15-24(40-6)16-13-20)26(19-22)32-29-34-27(30)33-28(35-29)31-21-10-9-11-23(18-21)39(3,4)5;/h9-19H,7-8H2,1-6H3,(H2,31,32,33,34,35);1H/q+1;/p-1. The zero-order valence-electron chi connectivity index (χ0n) is 24.1. The molecular formula is C29H35Cl2N9O. The van der Waals surface area contributed by atoms with Crippen LogP contribution in [-0.4, -0.2) is 56.3 Å². The Morgan fingerprint density at radius 1 is 0.854 bits per heavy atom. The van der Waals surface area contributed by atoms with Crippen molar-refractivity contribution in [3.63, 3.8) is 0 Å². The molecular weight excluding hydrogens is 561 g/mol. The van der Waals surface area contributed by atoms with Crippen LogP contribution in [0.1, 0.15) is 13.8 Å². The van der Waals surface area contributed by atoms with Crippen molar-refractivity contribution in [3.8, 4) is 5.75 Å². The van der Waals surface area contributed by atoms with Crippen LogP contribution in [0.15, 0.2) is 77.0 Å². The SMILES string of the molecule is CCN(CC)c1ccc(N=Nc2ccc(OC)cc2)c(Nc2nc(Cl)nc(Nc3cccc([N+](C)(C)C)c3)n2)c1.[Cl-]. The molecule has 0 atom stereocenters. The van der Waals surface area contributed by atoms with E-state index in [0.717, 1.165) is 35.9 Å². The van der Waals surface area contributed by atoms with Gasteiger partial charge in [-0.15, -0.1) is 5.11 Å². The van der Waals surface area contributed by atoms with Gasteiger partial charge in [0.1, 0.15) is 17.1 Å². The fourth-order valence-electron chi connectivity index (χ4n) is 3.97. The Hall–Kier alpha value is -3.99. The van der Waals surface area contributed by atoms with Crippen molar-refractivity contribution in [2.75, 3.05) is 56.9 Å². The van der Waals surface area contributed by atoms with Crippen molar-refractivity contribution in [1.29, 1.82) is 0 Å². The summed E-state index contributed by atoms with van der Waals surface area (Å²) < 4.78 is 5.91. The van der Waals surface area contributed by atoms with Crippen molar-refractivity contribution in [3.05, 3.63) is 72.0 Å². The molecule has 0 aliphatic rings. The number of methoxy groups -OCH3 is 1. The third-order valence-electron chi connectivity index (χ3n) is 6.19. The van der Waals surface area contributed by atoms with Crippen LogP contribution in [0.5, 0.6) is 5.75 Å². The molecule has 4 rings (SSSR count). The van der Waals surface area contributed by atoms with Crippen LogP contribution in [0.4, 0.5) is 46.0 Å². The minimum absolute atomic E-state index is 0. The van der Waals surface area contributed by atoms with Crippen molar-refractivity contribution in [2.24, 2.45) is 10.2 Å². The van der Waals surface area contributed by atoms with Crippen molar-refractivity contribution < 1.29 is 17.1 Å². The smallest absolute Gasteiger partial charge is 0.233 e. The molecule has 0 saturated heterocycles. The van der Waals surface area contributed by atoms with Crippen molar-refractivity contribution in [1.82, 2.24) is 19.4 Å². The zero-order chi connectivity index (χ0) is 28.7. The lowest BCUT2D eigenvalue weighted by molar-refractivity contribution is -0.00000901. The summed E-state index contributed by atoms with van der Waals surface area (Å²) in [5, 5.41) is 15.5. The molecule has 216 valence electrons. The minimum Gasteiger partial charge on any atom is -1.00 e. The van der Waals surface area contributed by atoms with Gasteiger partial charge in [0, 0.05) is 30.5 Å². The van der Waals surface area contributed by atoms with Gasteiger partial charge in [0.25, 0.3) is 0 Å². The maximum absolute atomic E-state index is 6.31. The minimum atomic E-state index is 0. The Bertz CT molecular complexity index is 1470. The van der Waals surface area contributed by atoms with Gasteiger partial charge in [-0.25, -0.2) is 0 Å². The van der Waals surface area contributed by atoms with Gasteiger partial charge in [0.05, 0.1) is 39.6 Å². The second-order valence-electron chi connectivity index (χ2n) is 9.84. The average Bonchev–Trinajstić information content (AvgIpc) is 2.93. The van der Waals surface area contributed by atoms with Crippen LogP contribution in [0, 0.1) is 0 Å². The maximum Gasteiger partial charge on any atom is 0.233 e. The molecule has 4 aromatic rings. The maximum atomic E-state index is 6.31. The molecule has 12 heteroatoms. The molecule has 0 aliphatic carbocycles. The van der Waals surface area contributed by atoms with E-state index in [0.29, 0.717) is 27.5 Å². The topological polar surface area (TPSA) is 99.9 Å². The zero-order valence-corrected chi connectivity index (χ0v) is 25.6. The Morgan fingerprint density at radius 3 is 2.17 bits per heavy atom. The van der Waals surface area contributed by atoms with E-state index in [-0.39, 0.29) is 23.6 Å². The Balaban J connectivity index is 0.00000462. The number of halogens is 2. The van der Waals surface area contributed by atoms with Gasteiger partial charge >= 0.3 is 0 Å². The Labute approximate surface area is 252 Å². The fraction of sp³-hybridized carbons (Fsp3) is 0.276. The van der Waals surface area contributed by atoms with Crippen LogP contribution in [0.2, 0.25) is 5.28 Å². The highest BCUT2D eigenvalue weighted by Gasteiger charge is 2.14. The van der Waals surface area contributed by atoms with Gasteiger partial charge in [-0.3, -0.25) is 4.48 Å². The molecule has 0 spiro atoms. The van der Waals surface area contributed by atoms with Crippen molar-refractivity contribution in [2.45, 2.75) is 13.8 Å². The molecule has 1 heterocycles. The molecule has 41 heavy (non-hydrogen) atoms. The number of nitrogens with zero attached hydrogens (tertiary/aromatic N) is 7. The highest BCUT2D eigenvalue weighted by Crippen LogP contribution is 2.34. The summed E-state index contributed by atoms with van der Waals surface area (Å²) >= 11 is 6.31. The van der Waals surface area contributed by atoms with E-state index in [1.165, 1.54) is 0 Å². The second-order valence-corrected chi connectivity index (χ2v) is 10.2. The number of rotatable bonds is 11. The summed E-state index contributed by atoms with van der Waals surface area (Å²) in [6, 6.07) is 21.4. The molecule has 0 radical (unpaired) electrons. The fourth-order valence-corrected chi connectivity index (χ4v) is 4.13. The number of hydrogen-bond donors (Lipinski definition) is 2. The quantitative estimate of drug-likeness (QED) is 0.195. The number of ether oxygens (including phenoxy) is 1. The first-order valence-corrected chi connectivity index (χ1v) is 13.4. The third kappa shape index (κ3) is 8.50. The second kappa shape index (κ2) is 14.1. The van der Waals surface area contributed by atoms with E-state index >= 15 is 0 Å². The van der Waals surface area contributed by atoms with Crippen LogP contribution >= 0.6 is 11.6 Å². The van der Waals surface area contributed by atoms with Crippen LogP contribution in [0.25, 0.3) is 0 Å². The number of benzene rings is 3. The first-order chi connectivity index (χ1) is 19.2. The largest absolute Gasteiger partial charge is 1.00 e. The third-order valence-corrected chi connectivity index (χ3v) is 6.35. The monoisotopic (exact) mass is 595 g/mol. The molecule has 0 saturated carbocycles. The summed E-state index contributed by atoms with van der Waals surface area (Å²) in [7, 11) is 7.95. The predicted molar refractivity (Wildman–Crippen MR) is 165 cm³/mol. The average molecular weight is 597 g/mol. The lowest BCUT2D eigenvalue weighted by Gasteiger charge is -2.23. The van der Waals surface area contributed by atoms with Crippen LogP contribution in [-0.2, 0) is 0 Å².